The minimum absolute atomic E-state index is 0.357. The van der Waals surface area contributed by atoms with Gasteiger partial charge >= 0.3 is 0 Å². The van der Waals surface area contributed by atoms with Gasteiger partial charge in [0.05, 0.1) is 0 Å². The van der Waals surface area contributed by atoms with E-state index >= 15 is 0 Å². The van der Waals surface area contributed by atoms with Crippen molar-refractivity contribution in [2.24, 2.45) is 0 Å². The monoisotopic (exact) mass is 268 g/mol. The van der Waals surface area contributed by atoms with E-state index in [1.807, 2.05) is 0 Å². The Morgan fingerprint density at radius 3 is 1.95 bits per heavy atom. The average molecular weight is 268 g/mol. The maximum atomic E-state index is 8.77. The van der Waals surface area contributed by atoms with Crippen LogP contribution in [0.3, 0.4) is 0 Å². The number of hydrogen-bond acceptors (Lipinski definition) is 1. The van der Waals surface area contributed by atoms with Crippen LogP contribution in [0.15, 0.2) is 11.6 Å². The van der Waals surface area contributed by atoms with E-state index in [0.717, 1.165) is 6.42 Å². The molecule has 0 radical (unpaired) electrons. The molecule has 0 aromatic carbocycles. The lowest BCUT2D eigenvalue weighted by molar-refractivity contribution is 0.282. The summed E-state index contributed by atoms with van der Waals surface area (Å²) in [6.45, 7) is 4.91. The summed E-state index contributed by atoms with van der Waals surface area (Å²) in [7, 11) is 0. The maximum Gasteiger partial charge on any atom is 0.0431 e. The summed E-state index contributed by atoms with van der Waals surface area (Å²) < 4.78 is 0. The molecule has 0 aromatic heterocycles. The van der Waals surface area contributed by atoms with E-state index in [0.29, 0.717) is 6.61 Å². The van der Waals surface area contributed by atoms with Gasteiger partial charge in [-0.25, -0.2) is 0 Å². The second-order valence-electron chi connectivity index (χ2n) is 5.70. The molecule has 0 bridgehead atoms. The first kappa shape index (κ1) is 18.7. The molecule has 0 fully saturated rings. The predicted molar refractivity (Wildman–Crippen MR) is 86.5 cm³/mol. The molecule has 0 saturated carbocycles. The zero-order valence-electron chi connectivity index (χ0n) is 13.4. The standard InChI is InChI=1S/C18H36O/c1-3-5-7-11-15-18(14-10-6-4-2)16-12-8-9-13-17-19/h15,19H,3-14,16-17H2,1-2H3/b18-15+. The van der Waals surface area contributed by atoms with Crippen molar-refractivity contribution in [3.05, 3.63) is 11.6 Å². The lowest BCUT2D eigenvalue weighted by Gasteiger charge is -2.08. The minimum atomic E-state index is 0.357. The molecule has 0 saturated heterocycles. The van der Waals surface area contributed by atoms with E-state index in [1.165, 1.54) is 77.0 Å². The Kier molecular flexibility index (Phi) is 15.5. The summed E-state index contributed by atoms with van der Waals surface area (Å²) in [5, 5.41) is 8.77. The second-order valence-corrected chi connectivity index (χ2v) is 5.70. The fraction of sp³-hybridized carbons (Fsp3) is 0.889. The Labute approximate surface area is 121 Å². The minimum Gasteiger partial charge on any atom is -0.396 e. The largest absolute Gasteiger partial charge is 0.396 e. The van der Waals surface area contributed by atoms with Crippen LogP contribution in [-0.2, 0) is 0 Å². The molecule has 19 heavy (non-hydrogen) atoms. The molecule has 1 N–H and O–H groups in total. The zero-order valence-corrected chi connectivity index (χ0v) is 13.4. The summed E-state index contributed by atoms with van der Waals surface area (Å²) in [4.78, 5) is 0. The lowest BCUT2D eigenvalue weighted by Crippen LogP contribution is -1.89. The highest BCUT2D eigenvalue weighted by atomic mass is 16.2. The van der Waals surface area contributed by atoms with Crippen molar-refractivity contribution in [1.29, 1.82) is 0 Å². The van der Waals surface area contributed by atoms with Crippen LogP contribution >= 0.6 is 0 Å². The number of aliphatic hydroxyl groups excluding tert-OH is 1. The van der Waals surface area contributed by atoms with Gasteiger partial charge in [0.25, 0.3) is 0 Å². The Bertz CT molecular complexity index is 196. The lowest BCUT2D eigenvalue weighted by atomic mass is 9.99. The molecular weight excluding hydrogens is 232 g/mol. The van der Waals surface area contributed by atoms with E-state index in [-0.39, 0.29) is 0 Å². The van der Waals surface area contributed by atoms with Crippen LogP contribution in [0.5, 0.6) is 0 Å². The smallest absolute Gasteiger partial charge is 0.0431 e. The Hall–Kier alpha value is -0.300. The van der Waals surface area contributed by atoms with Gasteiger partial charge in [-0.15, -0.1) is 0 Å². The first-order valence-electron chi connectivity index (χ1n) is 8.63. The third-order valence-electron chi connectivity index (χ3n) is 3.75. The van der Waals surface area contributed by atoms with Crippen LogP contribution in [0.2, 0.25) is 0 Å². The van der Waals surface area contributed by atoms with Crippen molar-refractivity contribution in [2.75, 3.05) is 6.61 Å². The molecule has 1 nitrogen and oxygen atoms in total. The van der Waals surface area contributed by atoms with Crippen molar-refractivity contribution >= 4 is 0 Å². The van der Waals surface area contributed by atoms with Gasteiger partial charge in [-0.05, 0) is 44.9 Å². The molecule has 0 heterocycles. The summed E-state index contributed by atoms with van der Waals surface area (Å²) in [6, 6.07) is 0. The highest BCUT2D eigenvalue weighted by Gasteiger charge is 1.99. The third-order valence-corrected chi connectivity index (χ3v) is 3.75. The first-order valence-corrected chi connectivity index (χ1v) is 8.63. The molecule has 0 spiro atoms. The topological polar surface area (TPSA) is 20.2 Å². The van der Waals surface area contributed by atoms with Crippen LogP contribution in [0.25, 0.3) is 0 Å². The molecule has 0 aliphatic heterocycles. The Balaban J connectivity index is 3.81. The first-order chi connectivity index (χ1) is 9.35. The summed E-state index contributed by atoms with van der Waals surface area (Å²) >= 11 is 0. The van der Waals surface area contributed by atoms with Crippen molar-refractivity contribution < 1.29 is 5.11 Å². The normalized spacial score (nSPS) is 12.1. The summed E-state index contributed by atoms with van der Waals surface area (Å²) in [6.07, 6.45) is 19.3. The van der Waals surface area contributed by atoms with Gasteiger partial charge < -0.3 is 5.11 Å². The zero-order chi connectivity index (χ0) is 14.2. The Morgan fingerprint density at radius 1 is 0.737 bits per heavy atom. The van der Waals surface area contributed by atoms with Crippen LogP contribution in [-0.4, -0.2) is 11.7 Å². The van der Waals surface area contributed by atoms with Gasteiger partial charge in [0, 0.05) is 6.61 Å². The van der Waals surface area contributed by atoms with Gasteiger partial charge in [0.15, 0.2) is 0 Å². The van der Waals surface area contributed by atoms with Gasteiger partial charge in [0.1, 0.15) is 0 Å². The van der Waals surface area contributed by atoms with Crippen LogP contribution in [0.1, 0.15) is 97.3 Å². The fourth-order valence-corrected chi connectivity index (χ4v) is 2.45. The molecule has 0 atom stereocenters. The van der Waals surface area contributed by atoms with Gasteiger partial charge in [0.2, 0.25) is 0 Å². The van der Waals surface area contributed by atoms with Crippen molar-refractivity contribution in [3.8, 4) is 0 Å². The highest BCUT2D eigenvalue weighted by Crippen LogP contribution is 2.18. The van der Waals surface area contributed by atoms with Crippen LogP contribution < -0.4 is 0 Å². The van der Waals surface area contributed by atoms with Gasteiger partial charge in [-0.3, -0.25) is 0 Å². The van der Waals surface area contributed by atoms with E-state index in [9.17, 15) is 0 Å². The van der Waals surface area contributed by atoms with Gasteiger partial charge in [-0.1, -0.05) is 64.0 Å². The summed E-state index contributed by atoms with van der Waals surface area (Å²) in [5.74, 6) is 0. The molecule has 114 valence electrons. The number of aliphatic hydroxyl groups is 1. The number of allylic oxidation sites excluding steroid dienone is 2. The molecular formula is C18H36O. The molecule has 0 rings (SSSR count). The van der Waals surface area contributed by atoms with E-state index in [4.69, 9.17) is 5.11 Å². The fourth-order valence-electron chi connectivity index (χ4n) is 2.45. The number of unbranched alkanes of at least 4 members (excludes halogenated alkanes) is 8. The van der Waals surface area contributed by atoms with E-state index < -0.39 is 0 Å². The van der Waals surface area contributed by atoms with Crippen molar-refractivity contribution in [2.45, 2.75) is 97.3 Å². The molecule has 0 aliphatic rings. The van der Waals surface area contributed by atoms with Crippen LogP contribution in [0.4, 0.5) is 0 Å². The number of rotatable bonds is 14. The second kappa shape index (κ2) is 15.8. The average Bonchev–Trinajstić information content (AvgIpc) is 2.42. The quantitative estimate of drug-likeness (QED) is 0.302. The Morgan fingerprint density at radius 2 is 1.32 bits per heavy atom. The van der Waals surface area contributed by atoms with Crippen molar-refractivity contribution in [1.82, 2.24) is 0 Å². The molecule has 0 aliphatic carbocycles. The van der Waals surface area contributed by atoms with Crippen LogP contribution in [0, 0.1) is 0 Å². The number of hydrogen-bond donors (Lipinski definition) is 1. The third kappa shape index (κ3) is 13.9. The highest BCUT2D eigenvalue weighted by molar-refractivity contribution is 5.01. The molecule has 0 unspecified atom stereocenters. The van der Waals surface area contributed by atoms with E-state index in [1.54, 1.807) is 5.57 Å². The molecule has 0 amide bonds. The SMILES string of the molecule is CCCCC/C=C(\CCCCC)CCCCCCO. The predicted octanol–water partition coefficient (Wildman–Crippen LogP) is 6.02. The maximum absolute atomic E-state index is 8.77. The molecule has 0 aromatic rings. The van der Waals surface area contributed by atoms with E-state index in [2.05, 4.69) is 19.9 Å². The van der Waals surface area contributed by atoms with Crippen molar-refractivity contribution in [3.63, 3.8) is 0 Å². The molecule has 1 heteroatoms. The van der Waals surface area contributed by atoms with Gasteiger partial charge in [-0.2, -0.15) is 0 Å². The summed E-state index contributed by atoms with van der Waals surface area (Å²) in [5.41, 5.74) is 1.70.